The van der Waals surface area contributed by atoms with Gasteiger partial charge in [-0.3, -0.25) is 9.69 Å². The van der Waals surface area contributed by atoms with Crippen LogP contribution >= 0.6 is 0 Å². The zero-order valence-corrected chi connectivity index (χ0v) is 12.6. The van der Waals surface area contributed by atoms with Crippen LogP contribution in [0.4, 0.5) is 0 Å². The Hall–Kier alpha value is -0.610. The van der Waals surface area contributed by atoms with Crippen LogP contribution in [0, 0.1) is 0 Å². The molecule has 1 fully saturated rings. The molecule has 0 radical (unpaired) electrons. The molecule has 1 N–H and O–H groups in total. The molecule has 1 unspecified atom stereocenters. The highest BCUT2D eigenvalue weighted by Gasteiger charge is 2.28. The second-order valence-electron chi connectivity index (χ2n) is 5.81. The predicted octanol–water partition coefficient (Wildman–Crippen LogP) is 1.32. The summed E-state index contributed by atoms with van der Waals surface area (Å²) in [5.41, 5.74) is 0. The van der Waals surface area contributed by atoms with Gasteiger partial charge in [0.1, 0.15) is 0 Å². The first-order valence-corrected chi connectivity index (χ1v) is 7.17. The van der Waals surface area contributed by atoms with E-state index in [1.54, 1.807) is 0 Å². The Labute approximate surface area is 112 Å². The van der Waals surface area contributed by atoms with E-state index < -0.39 is 0 Å². The van der Waals surface area contributed by atoms with Crippen LogP contribution in [0.5, 0.6) is 0 Å². The van der Waals surface area contributed by atoms with Crippen LogP contribution in [0.25, 0.3) is 0 Å². The number of rotatable bonds is 6. The Morgan fingerprint density at radius 3 is 2.44 bits per heavy atom. The Bertz CT molecular complexity index is 258. The minimum atomic E-state index is 0.267. The highest BCUT2D eigenvalue weighted by atomic mass is 16.2. The van der Waals surface area contributed by atoms with Crippen LogP contribution in [0.15, 0.2) is 0 Å². The van der Waals surface area contributed by atoms with Gasteiger partial charge in [0, 0.05) is 24.7 Å². The number of carbonyl (C=O) groups is 1. The van der Waals surface area contributed by atoms with Gasteiger partial charge >= 0.3 is 0 Å². The van der Waals surface area contributed by atoms with Gasteiger partial charge in [-0.2, -0.15) is 0 Å². The van der Waals surface area contributed by atoms with Gasteiger partial charge in [-0.1, -0.05) is 0 Å². The molecule has 0 aromatic heterocycles. The third kappa shape index (κ3) is 3.95. The van der Waals surface area contributed by atoms with Crippen molar-refractivity contribution in [3.05, 3.63) is 0 Å². The molecule has 0 aromatic rings. The van der Waals surface area contributed by atoms with Crippen molar-refractivity contribution in [3.63, 3.8) is 0 Å². The SMILES string of the molecule is CNCC1CCCN1CC(=O)N(C(C)C)C(C)C. The number of hydrogen-bond donors (Lipinski definition) is 1. The van der Waals surface area contributed by atoms with Gasteiger partial charge < -0.3 is 10.2 Å². The minimum Gasteiger partial charge on any atom is -0.337 e. The van der Waals surface area contributed by atoms with Crippen molar-refractivity contribution in [2.45, 2.75) is 58.7 Å². The first-order valence-electron chi connectivity index (χ1n) is 7.17. The summed E-state index contributed by atoms with van der Waals surface area (Å²) in [5.74, 6) is 0.267. The molecule has 1 saturated heterocycles. The first kappa shape index (κ1) is 15.4. The molecular weight excluding hydrogens is 226 g/mol. The third-order valence-corrected chi connectivity index (χ3v) is 3.68. The molecule has 0 aliphatic carbocycles. The molecule has 1 rings (SSSR count). The van der Waals surface area contributed by atoms with Crippen molar-refractivity contribution in [2.24, 2.45) is 0 Å². The zero-order valence-electron chi connectivity index (χ0n) is 12.6. The molecule has 1 aliphatic rings. The van der Waals surface area contributed by atoms with Crippen LogP contribution in [-0.2, 0) is 4.79 Å². The lowest BCUT2D eigenvalue weighted by atomic mass is 10.2. The number of likely N-dealkylation sites (N-methyl/N-ethyl adjacent to an activating group) is 1. The van der Waals surface area contributed by atoms with Crippen molar-refractivity contribution >= 4 is 5.91 Å². The summed E-state index contributed by atoms with van der Waals surface area (Å²) in [5, 5.41) is 3.22. The van der Waals surface area contributed by atoms with Crippen molar-refractivity contribution in [1.29, 1.82) is 0 Å². The van der Waals surface area contributed by atoms with Gasteiger partial charge in [0.15, 0.2) is 0 Å². The molecule has 1 aliphatic heterocycles. The normalized spacial score (nSPS) is 20.9. The second-order valence-corrected chi connectivity index (χ2v) is 5.81. The van der Waals surface area contributed by atoms with E-state index in [2.05, 4.69) is 37.9 Å². The van der Waals surface area contributed by atoms with Crippen molar-refractivity contribution in [3.8, 4) is 0 Å². The van der Waals surface area contributed by atoms with Crippen molar-refractivity contribution in [2.75, 3.05) is 26.7 Å². The van der Waals surface area contributed by atoms with Crippen molar-refractivity contribution in [1.82, 2.24) is 15.1 Å². The molecule has 4 nitrogen and oxygen atoms in total. The van der Waals surface area contributed by atoms with E-state index in [0.717, 1.165) is 13.1 Å². The molecule has 0 bridgehead atoms. The topological polar surface area (TPSA) is 35.6 Å². The molecule has 0 aromatic carbocycles. The van der Waals surface area contributed by atoms with E-state index in [4.69, 9.17) is 0 Å². The molecule has 0 spiro atoms. The number of nitrogens with one attached hydrogen (secondary N) is 1. The predicted molar refractivity (Wildman–Crippen MR) is 75.6 cm³/mol. The molecule has 4 heteroatoms. The van der Waals surface area contributed by atoms with Crippen molar-refractivity contribution < 1.29 is 4.79 Å². The summed E-state index contributed by atoms with van der Waals surface area (Å²) in [6, 6.07) is 1.09. The van der Waals surface area contributed by atoms with Crippen LogP contribution in [0.2, 0.25) is 0 Å². The van der Waals surface area contributed by atoms with E-state index in [1.165, 1.54) is 12.8 Å². The average molecular weight is 255 g/mol. The van der Waals surface area contributed by atoms with Gasteiger partial charge in [0.25, 0.3) is 0 Å². The highest BCUT2D eigenvalue weighted by molar-refractivity contribution is 5.79. The summed E-state index contributed by atoms with van der Waals surface area (Å²) in [7, 11) is 1.98. The third-order valence-electron chi connectivity index (χ3n) is 3.68. The van der Waals surface area contributed by atoms with Crippen LogP contribution in [0.1, 0.15) is 40.5 Å². The zero-order chi connectivity index (χ0) is 13.7. The second kappa shape index (κ2) is 7.10. The standard InChI is InChI=1S/C14H29N3O/c1-11(2)17(12(3)4)14(18)10-16-8-6-7-13(16)9-15-5/h11-13,15H,6-10H2,1-5H3. The van der Waals surface area contributed by atoms with E-state index in [9.17, 15) is 4.79 Å². The van der Waals surface area contributed by atoms with Gasteiger partial charge in [0.2, 0.25) is 5.91 Å². The Morgan fingerprint density at radius 2 is 1.94 bits per heavy atom. The first-order chi connectivity index (χ1) is 8.47. The van der Waals surface area contributed by atoms with E-state index in [0.29, 0.717) is 12.6 Å². The smallest absolute Gasteiger partial charge is 0.237 e. The molecule has 18 heavy (non-hydrogen) atoms. The largest absolute Gasteiger partial charge is 0.337 e. The van der Waals surface area contributed by atoms with E-state index >= 15 is 0 Å². The van der Waals surface area contributed by atoms with E-state index in [-0.39, 0.29) is 18.0 Å². The van der Waals surface area contributed by atoms with Gasteiger partial charge in [-0.05, 0) is 54.1 Å². The minimum absolute atomic E-state index is 0.267. The molecule has 1 atom stereocenters. The quantitative estimate of drug-likeness (QED) is 0.777. The summed E-state index contributed by atoms with van der Waals surface area (Å²) < 4.78 is 0. The molecule has 0 saturated carbocycles. The fraction of sp³-hybridized carbons (Fsp3) is 0.929. The number of amides is 1. The van der Waals surface area contributed by atoms with Crippen LogP contribution in [0.3, 0.4) is 0 Å². The summed E-state index contributed by atoms with van der Waals surface area (Å²) in [6.07, 6.45) is 2.42. The van der Waals surface area contributed by atoms with Crippen LogP contribution < -0.4 is 5.32 Å². The maximum Gasteiger partial charge on any atom is 0.237 e. The maximum absolute atomic E-state index is 12.4. The van der Waals surface area contributed by atoms with E-state index in [1.807, 2.05) is 11.9 Å². The fourth-order valence-corrected chi connectivity index (χ4v) is 3.00. The molecule has 106 valence electrons. The molecule has 1 amide bonds. The number of carbonyl (C=O) groups excluding carboxylic acids is 1. The Kier molecular flexibility index (Phi) is 6.09. The summed E-state index contributed by atoms with van der Waals surface area (Å²) >= 11 is 0. The highest BCUT2D eigenvalue weighted by Crippen LogP contribution is 2.17. The molecular formula is C14H29N3O. The number of nitrogens with zero attached hydrogens (tertiary/aromatic N) is 2. The lowest BCUT2D eigenvalue weighted by Gasteiger charge is -2.33. The summed E-state index contributed by atoms with van der Waals surface area (Å²) in [6.45, 7) is 11.0. The van der Waals surface area contributed by atoms with Crippen LogP contribution in [-0.4, -0.2) is 60.5 Å². The lowest BCUT2D eigenvalue weighted by molar-refractivity contribution is -0.136. The van der Waals surface area contributed by atoms with Gasteiger partial charge in [-0.25, -0.2) is 0 Å². The lowest BCUT2D eigenvalue weighted by Crippen LogP contribution is -2.49. The van der Waals surface area contributed by atoms with Gasteiger partial charge in [-0.15, -0.1) is 0 Å². The molecule has 1 heterocycles. The average Bonchev–Trinajstić information content (AvgIpc) is 2.65. The monoisotopic (exact) mass is 255 g/mol. The summed E-state index contributed by atoms with van der Waals surface area (Å²) in [4.78, 5) is 16.7. The van der Waals surface area contributed by atoms with Gasteiger partial charge in [0.05, 0.1) is 6.54 Å². The number of likely N-dealkylation sites (tertiary alicyclic amines) is 1. The Balaban J connectivity index is 2.57. The number of hydrogen-bond acceptors (Lipinski definition) is 3. The fourth-order valence-electron chi connectivity index (χ4n) is 3.00. The maximum atomic E-state index is 12.4. The Morgan fingerprint density at radius 1 is 1.33 bits per heavy atom.